The highest BCUT2D eigenvalue weighted by Gasteiger charge is 2.55. The average Bonchev–Trinajstić information content (AvgIpc) is 3.33. The number of carbonyl (C=O) groups is 2. The number of carbonyl (C=O) groups excluding carboxylic acids is 1. The lowest BCUT2D eigenvalue weighted by molar-refractivity contribution is 0.0508. The Labute approximate surface area is 423 Å². The summed E-state index contributed by atoms with van der Waals surface area (Å²) in [5.74, 6) is -5.14. The summed E-state index contributed by atoms with van der Waals surface area (Å²) in [4.78, 5) is 39.3. The molecule has 2 aliphatic heterocycles. The number of anilines is 1. The first kappa shape index (κ1) is 55.6. The number of aromatic nitrogens is 2. The Hall–Kier alpha value is -7.76. The van der Waals surface area contributed by atoms with Gasteiger partial charge in [0.1, 0.15) is 68.9 Å². The van der Waals surface area contributed by atoms with E-state index < -0.39 is 81.0 Å². The number of aliphatic imine (C=N–C) groups is 2. The van der Waals surface area contributed by atoms with E-state index in [1.54, 1.807) is 0 Å². The van der Waals surface area contributed by atoms with Crippen molar-refractivity contribution in [2.45, 2.75) is 54.7 Å². The normalized spacial score (nSPS) is 22.6. The third kappa shape index (κ3) is 11.4. The number of hydrogen-bond donors (Lipinski definition) is 5. The Bertz CT molecular complexity index is 3410. The number of nitrogens with zero attached hydrogens (tertiary/aromatic N) is 4. The molecule has 6 aromatic rings. The smallest absolute Gasteiger partial charge is 0.354 e. The molecule has 4 atom stereocenters. The number of Topliss-reactive ketones (excluding diaryl/α,β-unsaturated/α-hetero) is 1. The van der Waals surface area contributed by atoms with Gasteiger partial charge >= 0.3 is 5.97 Å². The Balaban J connectivity index is 0.000000200. The molecule has 0 aliphatic carbocycles. The molecule has 0 saturated carbocycles. The quantitative estimate of drug-likeness (QED) is 0.0394. The van der Waals surface area contributed by atoms with Crippen molar-refractivity contribution in [3.05, 3.63) is 184 Å². The fourth-order valence-corrected chi connectivity index (χ4v) is 12.5. The van der Waals surface area contributed by atoms with E-state index >= 15 is 0 Å². The number of carboxylic acids is 1. The van der Waals surface area contributed by atoms with Crippen LogP contribution in [0.15, 0.2) is 132 Å². The van der Waals surface area contributed by atoms with Crippen molar-refractivity contribution < 1.29 is 63.7 Å². The van der Waals surface area contributed by atoms with Crippen LogP contribution in [0.25, 0.3) is 0 Å². The highest BCUT2D eigenvalue weighted by atomic mass is 32.2. The van der Waals surface area contributed by atoms with Crippen molar-refractivity contribution in [3.63, 3.8) is 0 Å². The number of nitrogens with two attached hydrogens (primary N) is 3. The molecule has 2 aromatic heterocycles. The fourth-order valence-electron chi connectivity index (χ4n) is 8.26. The number of amidine groups is 2. The van der Waals surface area contributed by atoms with Gasteiger partial charge in [0, 0.05) is 30.3 Å². The van der Waals surface area contributed by atoms with Crippen molar-refractivity contribution in [3.8, 4) is 11.5 Å². The van der Waals surface area contributed by atoms with Crippen LogP contribution in [0.5, 0.6) is 11.5 Å². The molecule has 0 unspecified atom stereocenters. The average molecular weight is 1060 g/mol. The summed E-state index contributed by atoms with van der Waals surface area (Å²) in [6.07, 6.45) is 2.35. The maximum Gasteiger partial charge on any atom is 0.354 e. The summed E-state index contributed by atoms with van der Waals surface area (Å²) in [5, 5.41) is 17.9. The molecule has 23 heteroatoms. The number of benzene rings is 4. The molecule has 4 heterocycles. The number of carboxylic acid groups (broad SMARTS) is 1. The van der Waals surface area contributed by atoms with Gasteiger partial charge in [0.2, 0.25) is 0 Å². The van der Waals surface area contributed by atoms with Crippen LogP contribution in [0.1, 0.15) is 76.5 Å². The van der Waals surface area contributed by atoms with Crippen molar-refractivity contribution in [2.75, 3.05) is 31.1 Å². The maximum absolute atomic E-state index is 15.0. The molecule has 8 N–H and O–H groups in total. The van der Waals surface area contributed by atoms with Gasteiger partial charge in [-0.3, -0.25) is 14.8 Å². The monoisotopic (exact) mass is 1060 g/mol. The molecule has 2 aliphatic rings. The Morgan fingerprint density at radius 2 is 1.15 bits per heavy atom. The molecule has 0 bridgehead atoms. The van der Waals surface area contributed by atoms with Gasteiger partial charge in [-0.25, -0.2) is 49.2 Å². The van der Waals surface area contributed by atoms with Crippen molar-refractivity contribution in [2.24, 2.45) is 21.5 Å². The minimum absolute atomic E-state index is 0.00948. The van der Waals surface area contributed by atoms with Gasteiger partial charge < -0.3 is 36.9 Å². The maximum atomic E-state index is 15.0. The highest BCUT2D eigenvalue weighted by Crippen LogP contribution is 2.45. The van der Waals surface area contributed by atoms with Gasteiger partial charge in [0.05, 0.1) is 23.9 Å². The molecule has 4 aromatic carbocycles. The molecule has 0 saturated heterocycles. The number of rotatable bonds is 11. The van der Waals surface area contributed by atoms with Crippen LogP contribution in [0.4, 0.5) is 23.2 Å². The summed E-state index contributed by atoms with van der Waals surface area (Å²) in [6, 6.07) is 23.8. The first-order valence-electron chi connectivity index (χ1n) is 22.1. The summed E-state index contributed by atoms with van der Waals surface area (Å²) < 4.78 is 116. The lowest BCUT2D eigenvalue weighted by Crippen LogP contribution is -2.54. The van der Waals surface area contributed by atoms with Gasteiger partial charge in [-0.15, -0.1) is 0 Å². The van der Waals surface area contributed by atoms with E-state index in [1.807, 2.05) is 0 Å². The van der Waals surface area contributed by atoms with Gasteiger partial charge in [0.15, 0.2) is 41.7 Å². The molecule has 0 amide bonds. The summed E-state index contributed by atoms with van der Waals surface area (Å²) in [6.45, 7) is 5.79. The second-order valence-electron chi connectivity index (χ2n) is 17.9. The zero-order chi connectivity index (χ0) is 54.6. The van der Waals surface area contributed by atoms with Crippen LogP contribution in [0.2, 0.25) is 0 Å². The predicted molar refractivity (Wildman–Crippen MR) is 268 cm³/mol. The molecule has 74 heavy (non-hydrogen) atoms. The zero-order valence-electron chi connectivity index (χ0n) is 40.4. The number of aromatic carboxylic acids is 1. The molecular weight excluding hydrogens is 1010 g/mol. The largest absolute Gasteiger partial charge is 0.506 e. The number of ketones is 1. The van der Waals surface area contributed by atoms with Crippen LogP contribution >= 0.6 is 0 Å². The lowest BCUT2D eigenvalue weighted by atomic mass is 9.90. The van der Waals surface area contributed by atoms with Gasteiger partial charge in [-0.2, -0.15) is 0 Å². The number of aromatic hydroxyl groups is 1. The molecule has 8 rings (SSSR count). The van der Waals surface area contributed by atoms with Crippen molar-refractivity contribution in [1.82, 2.24) is 9.97 Å². The van der Waals surface area contributed by atoms with Crippen molar-refractivity contribution in [1.29, 1.82) is 0 Å². The molecule has 0 radical (unpaired) electrons. The van der Waals surface area contributed by atoms with E-state index in [4.69, 9.17) is 27.0 Å². The van der Waals surface area contributed by atoms with E-state index in [0.29, 0.717) is 11.3 Å². The minimum Gasteiger partial charge on any atom is -0.506 e. The number of hydrogen-bond acceptors (Lipinski definition) is 16. The topological polar surface area (TPSA) is 290 Å². The third-order valence-electron chi connectivity index (χ3n) is 12.5. The first-order chi connectivity index (χ1) is 34.6. The van der Waals surface area contributed by atoms with Gasteiger partial charge in [-0.1, -0.05) is 30.3 Å². The third-order valence-corrected chi connectivity index (χ3v) is 17.8. The number of methoxy groups -OCH3 is 1. The summed E-state index contributed by atoms with van der Waals surface area (Å²) >= 11 is 0. The number of ether oxygens (including phenoxy) is 2. The summed E-state index contributed by atoms with van der Waals surface area (Å²) in [7, 11) is -6.55. The molecule has 17 nitrogen and oxygen atoms in total. The molecule has 0 fully saturated rings. The number of sulfone groups is 2. The SMILES string of the molecule is COCOc1ccc(C(=O)O)nc1.C[C@@]1(c2cc(CC(=O)c3ccc(O)cn3)ccc2F)CS(=O)(=O)[C@@](C)(c2cccc(F)c2)C(N)=N1.C[C@@]1(c2cc(N)ccc2F)CS(=O)(=O)[C@@](C)(c2cccc(F)c2)C(N)=N1. The van der Waals surface area contributed by atoms with Gasteiger partial charge in [0.25, 0.3) is 0 Å². The zero-order valence-corrected chi connectivity index (χ0v) is 42.0. The van der Waals surface area contributed by atoms with E-state index in [-0.39, 0.29) is 75.7 Å². The van der Waals surface area contributed by atoms with E-state index in [2.05, 4.69) is 24.7 Å². The van der Waals surface area contributed by atoms with E-state index in [0.717, 1.165) is 30.5 Å². The standard InChI is InChI=1S/C25H23F2N3O4S.C18H19F2N3O2S.C8H9NO4/c1-24(14-35(33,34)25(2,23(28)30-24)16-4-3-5-17(26)12-16)19-10-15(6-8-20(19)27)11-22(32)21-9-7-18(31)13-29-21;1-17(14-9-13(21)6-7-15(14)20)10-26(24,25)18(2,16(22)23-17)11-4-3-5-12(19)8-11;1-12-5-13-6-2-3-7(8(10)11)9-4-6/h3-10,12-13,31H,11,14H2,1-2H3,(H2,28,30);3-9H,10,21H2,1-2H3,(H2,22,23);2-4H,5H2,1H3,(H,10,11)/t24-,25-;17-,18-;/m00./s1. The van der Waals surface area contributed by atoms with E-state index in [1.165, 1.54) is 126 Å². The Morgan fingerprint density at radius 3 is 1.59 bits per heavy atom. The van der Waals surface area contributed by atoms with Crippen LogP contribution in [0, 0.1) is 23.3 Å². The molecule has 0 spiro atoms. The highest BCUT2D eigenvalue weighted by molar-refractivity contribution is 7.93. The number of nitrogen functional groups attached to an aromatic ring is 1. The Kier molecular flexibility index (Phi) is 16.0. The lowest BCUT2D eigenvalue weighted by Gasteiger charge is -2.40. The van der Waals surface area contributed by atoms with E-state index in [9.17, 15) is 49.1 Å². The first-order valence-corrected chi connectivity index (χ1v) is 25.4. The second kappa shape index (κ2) is 21.4. The van der Waals surface area contributed by atoms with Crippen LogP contribution in [0.3, 0.4) is 0 Å². The van der Waals surface area contributed by atoms with Crippen LogP contribution < -0.4 is 21.9 Å². The number of halogens is 4. The van der Waals surface area contributed by atoms with Crippen LogP contribution in [-0.4, -0.2) is 85.8 Å². The fraction of sp³-hybridized carbons (Fsp3) is 0.255. The van der Waals surface area contributed by atoms with Crippen LogP contribution in [-0.2, 0) is 51.4 Å². The summed E-state index contributed by atoms with van der Waals surface area (Å²) in [5.41, 5.74) is 16.1. The predicted octanol–water partition coefficient (Wildman–Crippen LogP) is 6.63. The minimum atomic E-state index is -4.09. The number of pyridine rings is 2. The Morgan fingerprint density at radius 1 is 0.649 bits per heavy atom. The molecular formula is C51H51F4N7O10S2. The van der Waals surface area contributed by atoms with Crippen molar-refractivity contribution >= 4 is 48.8 Å². The second-order valence-corrected chi connectivity index (χ2v) is 22.6. The molecule has 390 valence electrons. The van der Waals surface area contributed by atoms with Gasteiger partial charge in [-0.05, 0) is 123 Å².